The lowest BCUT2D eigenvalue weighted by molar-refractivity contribution is -0.0499. The van der Waals surface area contributed by atoms with Gasteiger partial charge in [-0.3, -0.25) is 9.29 Å². The molecule has 120 valence electrons. The van der Waals surface area contributed by atoms with Crippen molar-refractivity contribution < 1.29 is 17.9 Å². The maximum Gasteiger partial charge on any atom is 0.387 e. The van der Waals surface area contributed by atoms with E-state index in [4.69, 9.17) is 0 Å². The molecule has 1 aromatic carbocycles. The van der Waals surface area contributed by atoms with Crippen molar-refractivity contribution in [3.05, 3.63) is 29.8 Å². The molecule has 7 heteroatoms. The van der Waals surface area contributed by atoms with E-state index in [1.165, 1.54) is 6.07 Å². The second-order valence-corrected chi connectivity index (χ2v) is 4.73. The topological polar surface area (TPSA) is 24.5 Å². The summed E-state index contributed by atoms with van der Waals surface area (Å²) < 4.78 is 41.7. The molecule has 0 saturated carbocycles. The summed E-state index contributed by atoms with van der Waals surface area (Å²) in [5, 5.41) is 3.24. The fourth-order valence-electron chi connectivity index (χ4n) is 2.56. The predicted molar refractivity (Wildman–Crippen MR) is 78.1 cm³/mol. The van der Waals surface area contributed by atoms with Gasteiger partial charge in [0.1, 0.15) is 5.75 Å². The zero-order chi connectivity index (χ0) is 14.4. The van der Waals surface area contributed by atoms with Gasteiger partial charge in [0.25, 0.3) is 0 Å². The van der Waals surface area contributed by atoms with Crippen LogP contribution in [0.2, 0.25) is 0 Å². The number of halogens is 4. The zero-order valence-corrected chi connectivity index (χ0v) is 12.4. The van der Waals surface area contributed by atoms with Crippen molar-refractivity contribution >= 4 is 12.4 Å². The summed E-state index contributed by atoms with van der Waals surface area (Å²) in [6.45, 7) is 0.0829. The van der Waals surface area contributed by atoms with E-state index in [0.717, 1.165) is 31.7 Å². The van der Waals surface area contributed by atoms with Gasteiger partial charge in [0.05, 0.1) is 6.67 Å². The number of ether oxygens (including phenoxy) is 1. The lowest BCUT2D eigenvalue weighted by atomic mass is 10.0. The third-order valence-corrected chi connectivity index (χ3v) is 3.44. The maximum atomic E-state index is 12.8. The van der Waals surface area contributed by atoms with Crippen molar-refractivity contribution in [1.29, 1.82) is 0 Å². The molecule has 1 aliphatic rings. The first-order chi connectivity index (χ1) is 9.70. The van der Waals surface area contributed by atoms with Gasteiger partial charge in [0, 0.05) is 32.2 Å². The molecule has 0 bridgehead atoms. The second kappa shape index (κ2) is 9.12. The van der Waals surface area contributed by atoms with E-state index in [-0.39, 0.29) is 24.2 Å². The number of hydrogen-bond donors (Lipinski definition) is 1. The monoisotopic (exact) mass is 324 g/mol. The van der Waals surface area contributed by atoms with Crippen LogP contribution in [0.4, 0.5) is 13.2 Å². The summed E-state index contributed by atoms with van der Waals surface area (Å²) in [6.07, 6.45) is 0.359. The van der Waals surface area contributed by atoms with Crippen molar-refractivity contribution in [2.24, 2.45) is 0 Å². The van der Waals surface area contributed by atoms with Crippen LogP contribution in [0.1, 0.15) is 18.0 Å². The van der Waals surface area contributed by atoms with Crippen molar-refractivity contribution in [3.8, 4) is 5.75 Å². The molecule has 1 aliphatic heterocycles. The van der Waals surface area contributed by atoms with Gasteiger partial charge in [-0.2, -0.15) is 8.78 Å². The van der Waals surface area contributed by atoms with Crippen molar-refractivity contribution in [1.82, 2.24) is 10.2 Å². The first kappa shape index (κ1) is 18.1. The van der Waals surface area contributed by atoms with Gasteiger partial charge in [-0.1, -0.05) is 12.1 Å². The van der Waals surface area contributed by atoms with Crippen LogP contribution < -0.4 is 10.1 Å². The van der Waals surface area contributed by atoms with E-state index in [1.807, 2.05) is 6.07 Å². The third kappa shape index (κ3) is 5.37. The van der Waals surface area contributed by atoms with E-state index >= 15 is 0 Å². The molecule has 1 heterocycles. The van der Waals surface area contributed by atoms with Crippen LogP contribution in [0.25, 0.3) is 0 Å². The SMILES string of the molecule is Cl.FCC[C@H](c1cccc(OC(F)F)c1)N1CCNCC1. The van der Waals surface area contributed by atoms with Gasteiger partial charge in [0.15, 0.2) is 0 Å². The first-order valence-electron chi connectivity index (χ1n) is 6.76. The molecule has 1 saturated heterocycles. The van der Waals surface area contributed by atoms with E-state index in [0.29, 0.717) is 6.42 Å². The Morgan fingerprint density at radius 2 is 1.95 bits per heavy atom. The van der Waals surface area contributed by atoms with Crippen LogP contribution in [-0.2, 0) is 0 Å². The van der Waals surface area contributed by atoms with Gasteiger partial charge in [-0.15, -0.1) is 12.4 Å². The average molecular weight is 325 g/mol. The van der Waals surface area contributed by atoms with Crippen LogP contribution in [-0.4, -0.2) is 44.4 Å². The number of benzene rings is 1. The maximum absolute atomic E-state index is 12.8. The minimum Gasteiger partial charge on any atom is -0.435 e. The van der Waals surface area contributed by atoms with Crippen LogP contribution in [0.5, 0.6) is 5.75 Å². The number of rotatable bonds is 6. The highest BCUT2D eigenvalue weighted by atomic mass is 35.5. The second-order valence-electron chi connectivity index (χ2n) is 4.73. The number of nitrogens with one attached hydrogen (secondary N) is 1. The third-order valence-electron chi connectivity index (χ3n) is 3.44. The van der Waals surface area contributed by atoms with Crippen LogP contribution in [0.15, 0.2) is 24.3 Å². The van der Waals surface area contributed by atoms with E-state index in [2.05, 4.69) is 15.0 Å². The Balaban J connectivity index is 0.00000220. The highest BCUT2D eigenvalue weighted by Gasteiger charge is 2.22. The van der Waals surface area contributed by atoms with Crippen molar-refractivity contribution in [2.45, 2.75) is 19.1 Å². The molecule has 0 spiro atoms. The standard InChI is InChI=1S/C14H19F3N2O.ClH/c15-5-4-13(19-8-6-18-7-9-19)11-2-1-3-12(10-11)20-14(16)17;/h1-3,10,13-14,18H,4-9H2;1H/t13-;/m1./s1. The van der Waals surface area contributed by atoms with E-state index in [9.17, 15) is 13.2 Å². The molecule has 1 aromatic rings. The van der Waals surface area contributed by atoms with Gasteiger partial charge in [-0.05, 0) is 24.1 Å². The zero-order valence-electron chi connectivity index (χ0n) is 11.6. The molecule has 3 nitrogen and oxygen atoms in total. The normalized spacial score (nSPS) is 17.3. The van der Waals surface area contributed by atoms with E-state index in [1.54, 1.807) is 12.1 Å². The van der Waals surface area contributed by atoms with Crippen molar-refractivity contribution in [2.75, 3.05) is 32.9 Å². The van der Waals surface area contributed by atoms with Gasteiger partial charge in [-0.25, -0.2) is 0 Å². The van der Waals surface area contributed by atoms with Crippen molar-refractivity contribution in [3.63, 3.8) is 0 Å². The van der Waals surface area contributed by atoms with Crippen LogP contribution >= 0.6 is 12.4 Å². The highest BCUT2D eigenvalue weighted by Crippen LogP contribution is 2.28. The van der Waals surface area contributed by atoms with Crippen LogP contribution in [0, 0.1) is 0 Å². The Labute approximate surface area is 128 Å². The number of hydrogen-bond acceptors (Lipinski definition) is 3. The molecule has 0 aromatic heterocycles. The molecule has 21 heavy (non-hydrogen) atoms. The molecule has 1 fully saturated rings. The van der Waals surface area contributed by atoms with Crippen LogP contribution in [0.3, 0.4) is 0 Å². The largest absolute Gasteiger partial charge is 0.435 e. The molecule has 0 unspecified atom stereocenters. The highest BCUT2D eigenvalue weighted by molar-refractivity contribution is 5.85. The van der Waals surface area contributed by atoms with E-state index < -0.39 is 13.3 Å². The average Bonchev–Trinajstić information content (AvgIpc) is 2.45. The summed E-state index contributed by atoms with van der Waals surface area (Å²) in [6, 6.07) is 6.47. The fraction of sp³-hybridized carbons (Fsp3) is 0.571. The minimum atomic E-state index is -2.84. The first-order valence-corrected chi connectivity index (χ1v) is 6.76. The van der Waals surface area contributed by atoms with Gasteiger partial charge >= 0.3 is 6.61 Å². The summed E-state index contributed by atoms with van der Waals surface area (Å²) in [5.41, 5.74) is 0.822. The van der Waals surface area contributed by atoms with Gasteiger partial charge < -0.3 is 10.1 Å². The lowest BCUT2D eigenvalue weighted by Gasteiger charge is -2.35. The Hall–Kier alpha value is -0.980. The fourth-order valence-corrected chi connectivity index (χ4v) is 2.56. The predicted octanol–water partition coefficient (Wildman–Crippen LogP) is 3.02. The quantitative estimate of drug-likeness (QED) is 0.870. The Kier molecular flexibility index (Phi) is 7.85. The summed E-state index contributed by atoms with van der Waals surface area (Å²) in [7, 11) is 0. The molecule has 0 radical (unpaired) electrons. The summed E-state index contributed by atoms with van der Waals surface area (Å²) >= 11 is 0. The molecule has 1 atom stereocenters. The summed E-state index contributed by atoms with van der Waals surface area (Å²) in [4.78, 5) is 2.18. The molecular formula is C14H20ClF3N2O. The number of alkyl halides is 3. The lowest BCUT2D eigenvalue weighted by Crippen LogP contribution is -2.45. The number of piperazine rings is 1. The number of nitrogens with zero attached hydrogens (tertiary/aromatic N) is 1. The molecule has 2 rings (SSSR count). The molecule has 0 amide bonds. The minimum absolute atomic E-state index is 0. The molecular weight excluding hydrogens is 305 g/mol. The Bertz CT molecular complexity index is 417. The van der Waals surface area contributed by atoms with Gasteiger partial charge in [0.2, 0.25) is 0 Å². The Morgan fingerprint density at radius 3 is 2.57 bits per heavy atom. The molecule has 0 aliphatic carbocycles. The Morgan fingerprint density at radius 1 is 1.24 bits per heavy atom. The summed E-state index contributed by atoms with van der Waals surface area (Å²) in [5.74, 6) is 0.122. The smallest absolute Gasteiger partial charge is 0.387 e. The molecule has 1 N–H and O–H groups in total.